The maximum absolute atomic E-state index is 8.99. The molecule has 0 amide bonds. The molecule has 2 N–H and O–H groups in total. The fourth-order valence-corrected chi connectivity index (χ4v) is 2.73. The highest BCUT2D eigenvalue weighted by atomic mass is 16.3. The Morgan fingerprint density at radius 1 is 1.36 bits per heavy atom. The topological polar surface area (TPSA) is 32.3 Å². The molecular weight excluding hydrogens is 174 g/mol. The quantitative estimate of drug-likeness (QED) is 0.672. The highest BCUT2D eigenvalue weighted by molar-refractivity contribution is 5.07. The van der Waals surface area contributed by atoms with Gasteiger partial charge >= 0.3 is 0 Å². The van der Waals surface area contributed by atoms with Crippen LogP contribution in [0, 0.1) is 11.3 Å². The van der Waals surface area contributed by atoms with Crippen molar-refractivity contribution in [1.82, 2.24) is 5.32 Å². The monoisotopic (exact) mass is 195 g/mol. The maximum Gasteiger partial charge on any atom is 0.0494 e. The Kier molecular flexibility index (Phi) is 2.67. The fourth-order valence-electron chi connectivity index (χ4n) is 2.73. The molecule has 2 rings (SSSR count). The van der Waals surface area contributed by atoms with Gasteiger partial charge in [0, 0.05) is 24.6 Å². The Labute approximate surface area is 86.4 Å². The van der Waals surface area contributed by atoms with Crippen molar-refractivity contribution in [2.24, 2.45) is 11.3 Å². The first-order chi connectivity index (χ1) is 6.59. The number of nitrogens with one attached hydrogen (secondary N) is 1. The summed E-state index contributed by atoms with van der Waals surface area (Å²) < 4.78 is 0. The summed E-state index contributed by atoms with van der Waals surface area (Å²) in [5.74, 6) is 0.389. The molecule has 0 aromatic carbocycles. The molecular formula is C12H21NO. The first kappa shape index (κ1) is 10.2. The largest absolute Gasteiger partial charge is 0.396 e. The fraction of sp³-hybridized carbons (Fsp3) is 0.833. The summed E-state index contributed by atoms with van der Waals surface area (Å²) in [5, 5.41) is 12.6. The van der Waals surface area contributed by atoms with Crippen molar-refractivity contribution in [3.05, 3.63) is 12.2 Å². The van der Waals surface area contributed by atoms with Crippen LogP contribution in [0.1, 0.15) is 33.1 Å². The van der Waals surface area contributed by atoms with Crippen LogP contribution in [0.5, 0.6) is 0 Å². The molecule has 2 aliphatic carbocycles. The second-order valence-electron chi connectivity index (χ2n) is 5.61. The highest BCUT2D eigenvalue weighted by Crippen LogP contribution is 2.40. The first-order valence-corrected chi connectivity index (χ1v) is 5.64. The van der Waals surface area contributed by atoms with Gasteiger partial charge in [0.1, 0.15) is 0 Å². The summed E-state index contributed by atoms with van der Waals surface area (Å²) in [6, 6.07) is 1.21. The second kappa shape index (κ2) is 3.67. The number of aliphatic hydroxyl groups excluding tert-OH is 1. The molecule has 2 aliphatic rings. The lowest BCUT2D eigenvalue weighted by atomic mass is 9.68. The summed E-state index contributed by atoms with van der Waals surface area (Å²) in [6.45, 7) is 4.95. The number of rotatable bonds is 3. The third-order valence-electron chi connectivity index (χ3n) is 3.45. The van der Waals surface area contributed by atoms with Crippen LogP contribution in [0.3, 0.4) is 0 Å². The lowest BCUT2D eigenvalue weighted by Gasteiger charge is -2.44. The third kappa shape index (κ3) is 2.18. The van der Waals surface area contributed by atoms with Gasteiger partial charge in [-0.25, -0.2) is 0 Å². The van der Waals surface area contributed by atoms with Crippen LogP contribution in [-0.4, -0.2) is 23.8 Å². The van der Waals surface area contributed by atoms with E-state index in [-0.39, 0.29) is 0 Å². The number of aliphatic hydroxyl groups is 1. The van der Waals surface area contributed by atoms with E-state index in [2.05, 4.69) is 31.3 Å². The predicted octanol–water partition coefficient (Wildman–Crippen LogP) is 1.70. The SMILES string of the molecule is CC1(C)CC(N[C@@H]2C=C[C@H](CO)C2)C1. The predicted molar refractivity (Wildman–Crippen MR) is 58.1 cm³/mol. The van der Waals surface area contributed by atoms with Crippen molar-refractivity contribution >= 4 is 0 Å². The van der Waals surface area contributed by atoms with Gasteiger partial charge in [0.2, 0.25) is 0 Å². The van der Waals surface area contributed by atoms with E-state index in [9.17, 15) is 0 Å². The van der Waals surface area contributed by atoms with Crippen molar-refractivity contribution in [2.75, 3.05) is 6.61 Å². The molecule has 1 saturated carbocycles. The van der Waals surface area contributed by atoms with Crippen LogP contribution in [0.15, 0.2) is 12.2 Å². The third-order valence-corrected chi connectivity index (χ3v) is 3.45. The molecule has 14 heavy (non-hydrogen) atoms. The zero-order valence-corrected chi connectivity index (χ0v) is 9.16. The normalized spacial score (nSPS) is 35.9. The Morgan fingerprint density at radius 3 is 2.57 bits per heavy atom. The van der Waals surface area contributed by atoms with Crippen molar-refractivity contribution in [3.63, 3.8) is 0 Å². The van der Waals surface area contributed by atoms with Crippen LogP contribution in [0.2, 0.25) is 0 Å². The molecule has 2 nitrogen and oxygen atoms in total. The molecule has 0 aromatic heterocycles. The maximum atomic E-state index is 8.99. The van der Waals surface area contributed by atoms with E-state index in [0.717, 1.165) is 6.42 Å². The molecule has 80 valence electrons. The minimum Gasteiger partial charge on any atom is -0.396 e. The average molecular weight is 195 g/mol. The molecule has 0 radical (unpaired) electrons. The standard InChI is InChI=1S/C12H21NO/c1-12(2)6-11(7-12)13-10-4-3-9(5-10)8-14/h3-4,9-11,13-14H,5-8H2,1-2H3/t9-,10+/m0/s1. The van der Waals surface area contributed by atoms with E-state index in [0.29, 0.717) is 30.0 Å². The zero-order valence-electron chi connectivity index (χ0n) is 9.16. The number of hydrogen-bond acceptors (Lipinski definition) is 2. The molecule has 0 aliphatic heterocycles. The van der Waals surface area contributed by atoms with Gasteiger partial charge in [0.05, 0.1) is 0 Å². The van der Waals surface area contributed by atoms with E-state index in [4.69, 9.17) is 5.11 Å². The van der Waals surface area contributed by atoms with Gasteiger partial charge in [-0.1, -0.05) is 26.0 Å². The molecule has 0 bridgehead atoms. The van der Waals surface area contributed by atoms with Crippen molar-refractivity contribution in [3.8, 4) is 0 Å². The smallest absolute Gasteiger partial charge is 0.0494 e. The van der Waals surface area contributed by atoms with E-state index >= 15 is 0 Å². The summed E-state index contributed by atoms with van der Waals surface area (Å²) in [4.78, 5) is 0. The zero-order chi connectivity index (χ0) is 10.2. The van der Waals surface area contributed by atoms with Crippen molar-refractivity contribution < 1.29 is 5.11 Å². The molecule has 0 aromatic rings. The highest BCUT2D eigenvalue weighted by Gasteiger charge is 2.37. The Hall–Kier alpha value is -0.340. The lowest BCUT2D eigenvalue weighted by Crippen LogP contribution is -2.49. The summed E-state index contributed by atoms with van der Waals surface area (Å²) >= 11 is 0. The Morgan fingerprint density at radius 2 is 2.07 bits per heavy atom. The Balaban J connectivity index is 1.71. The van der Waals surface area contributed by atoms with Crippen molar-refractivity contribution in [2.45, 2.75) is 45.2 Å². The average Bonchev–Trinajstić information content (AvgIpc) is 2.49. The second-order valence-corrected chi connectivity index (χ2v) is 5.61. The van der Waals surface area contributed by atoms with E-state index in [1.54, 1.807) is 0 Å². The van der Waals surface area contributed by atoms with E-state index in [1.165, 1.54) is 12.8 Å². The van der Waals surface area contributed by atoms with Gasteiger partial charge < -0.3 is 10.4 Å². The molecule has 0 spiro atoms. The summed E-state index contributed by atoms with van der Waals surface area (Å²) in [6.07, 6.45) is 8.02. The molecule has 0 saturated heterocycles. The van der Waals surface area contributed by atoms with Gasteiger partial charge in [-0.05, 0) is 24.7 Å². The molecule has 1 fully saturated rings. The van der Waals surface area contributed by atoms with Crippen LogP contribution >= 0.6 is 0 Å². The van der Waals surface area contributed by atoms with Crippen molar-refractivity contribution in [1.29, 1.82) is 0 Å². The van der Waals surface area contributed by atoms with Crippen LogP contribution in [-0.2, 0) is 0 Å². The van der Waals surface area contributed by atoms with Gasteiger partial charge in [0.25, 0.3) is 0 Å². The molecule has 2 heteroatoms. The minimum atomic E-state index is 0.296. The van der Waals surface area contributed by atoms with E-state index < -0.39 is 0 Å². The van der Waals surface area contributed by atoms with Crippen LogP contribution < -0.4 is 5.32 Å². The van der Waals surface area contributed by atoms with Gasteiger partial charge in [-0.2, -0.15) is 0 Å². The lowest BCUT2D eigenvalue weighted by molar-refractivity contribution is 0.119. The summed E-state index contributed by atoms with van der Waals surface area (Å²) in [5.41, 5.74) is 0.552. The molecule has 2 atom stereocenters. The van der Waals surface area contributed by atoms with Gasteiger partial charge in [-0.3, -0.25) is 0 Å². The van der Waals surface area contributed by atoms with Crippen LogP contribution in [0.25, 0.3) is 0 Å². The minimum absolute atomic E-state index is 0.296. The van der Waals surface area contributed by atoms with E-state index in [1.807, 2.05) is 0 Å². The Bertz CT molecular complexity index is 226. The molecule has 0 unspecified atom stereocenters. The van der Waals surface area contributed by atoms with Gasteiger partial charge in [0.15, 0.2) is 0 Å². The van der Waals surface area contributed by atoms with Crippen LogP contribution in [0.4, 0.5) is 0 Å². The number of hydrogen-bond donors (Lipinski definition) is 2. The van der Waals surface area contributed by atoms with Gasteiger partial charge in [-0.15, -0.1) is 0 Å². The summed E-state index contributed by atoms with van der Waals surface area (Å²) in [7, 11) is 0. The first-order valence-electron chi connectivity index (χ1n) is 5.64. The molecule has 0 heterocycles.